The average molecular weight is 381 g/mol. The molecule has 0 N–H and O–H groups in total. The van der Waals surface area contributed by atoms with Crippen LogP contribution in [0.1, 0.15) is 42.1 Å². The molecule has 2 aromatic carbocycles. The Hall–Kier alpha value is -2.82. The lowest BCUT2D eigenvalue weighted by molar-refractivity contribution is -0.117. The van der Waals surface area contributed by atoms with E-state index in [2.05, 4.69) is 23.8 Å². The largest absolute Gasteiger partial charge is 0.493 e. The molecule has 1 aliphatic heterocycles. The molecule has 0 bridgehead atoms. The smallest absolute Gasteiger partial charge is 0.337 e. The first-order valence-electron chi connectivity index (χ1n) is 9.81. The van der Waals surface area contributed by atoms with Crippen molar-refractivity contribution >= 4 is 17.6 Å². The molecule has 1 amide bonds. The molecule has 0 saturated carbocycles. The Labute approximate surface area is 166 Å². The highest BCUT2D eigenvalue weighted by Crippen LogP contribution is 2.26. The summed E-state index contributed by atoms with van der Waals surface area (Å²) in [6, 6.07) is 15.2. The highest BCUT2D eigenvalue weighted by atomic mass is 16.5. The molecule has 1 atom stereocenters. The van der Waals surface area contributed by atoms with Gasteiger partial charge in [-0.05, 0) is 54.8 Å². The number of carbonyl (C=O) groups is 2. The molecule has 5 nitrogen and oxygen atoms in total. The number of nitrogens with zero attached hydrogens (tertiary/aromatic N) is 1. The second-order valence-corrected chi connectivity index (χ2v) is 7.17. The van der Waals surface area contributed by atoms with E-state index in [1.807, 2.05) is 17.0 Å². The van der Waals surface area contributed by atoms with Gasteiger partial charge in [-0.3, -0.25) is 4.79 Å². The number of methoxy groups -OCH3 is 1. The summed E-state index contributed by atoms with van der Waals surface area (Å²) in [7, 11) is 1.36. The van der Waals surface area contributed by atoms with E-state index in [1.54, 1.807) is 24.3 Å². The van der Waals surface area contributed by atoms with Gasteiger partial charge >= 0.3 is 5.97 Å². The predicted octanol–water partition coefficient (Wildman–Crippen LogP) is 4.25. The lowest BCUT2D eigenvalue weighted by atomic mass is 10.1. The minimum atomic E-state index is -0.371. The number of hydrogen-bond donors (Lipinski definition) is 0. The van der Waals surface area contributed by atoms with Gasteiger partial charge in [0.2, 0.25) is 5.91 Å². The number of benzene rings is 2. The van der Waals surface area contributed by atoms with E-state index in [1.165, 1.54) is 25.5 Å². The van der Waals surface area contributed by atoms with E-state index in [0.717, 1.165) is 12.1 Å². The summed E-state index contributed by atoms with van der Waals surface area (Å²) >= 11 is 0. The van der Waals surface area contributed by atoms with E-state index in [0.29, 0.717) is 30.9 Å². The number of anilines is 1. The fourth-order valence-electron chi connectivity index (χ4n) is 3.39. The van der Waals surface area contributed by atoms with Crippen molar-refractivity contribution < 1.29 is 19.1 Å². The quantitative estimate of drug-likeness (QED) is 0.642. The van der Waals surface area contributed by atoms with Crippen molar-refractivity contribution in [2.24, 2.45) is 5.92 Å². The maximum absolute atomic E-state index is 12.4. The zero-order valence-corrected chi connectivity index (χ0v) is 16.5. The van der Waals surface area contributed by atoms with Gasteiger partial charge in [0.15, 0.2) is 0 Å². The summed E-state index contributed by atoms with van der Waals surface area (Å²) in [5.74, 6) is 0.589. The molecule has 1 heterocycles. The van der Waals surface area contributed by atoms with Gasteiger partial charge in [-0.15, -0.1) is 0 Å². The monoisotopic (exact) mass is 381 g/mol. The van der Waals surface area contributed by atoms with Crippen LogP contribution in [0.15, 0.2) is 48.5 Å². The topological polar surface area (TPSA) is 55.8 Å². The molecule has 3 rings (SSSR count). The molecular weight excluding hydrogens is 354 g/mol. The van der Waals surface area contributed by atoms with Crippen LogP contribution in [0, 0.1) is 5.92 Å². The van der Waals surface area contributed by atoms with E-state index in [9.17, 15) is 9.59 Å². The van der Waals surface area contributed by atoms with Gasteiger partial charge < -0.3 is 14.4 Å². The number of rotatable bonds is 8. The molecule has 0 aromatic heterocycles. The fraction of sp³-hybridized carbons (Fsp3) is 0.391. The summed E-state index contributed by atoms with van der Waals surface area (Å²) in [5, 5.41) is 0. The lowest BCUT2D eigenvalue weighted by Gasteiger charge is -2.17. The average Bonchev–Trinajstić information content (AvgIpc) is 3.11. The van der Waals surface area contributed by atoms with Crippen LogP contribution in [0.25, 0.3) is 0 Å². The number of ether oxygens (including phenoxy) is 2. The maximum Gasteiger partial charge on any atom is 0.337 e. The van der Waals surface area contributed by atoms with Gasteiger partial charge in [0.1, 0.15) is 5.75 Å². The summed E-state index contributed by atoms with van der Waals surface area (Å²) in [5.41, 5.74) is 2.75. The van der Waals surface area contributed by atoms with Crippen LogP contribution in [0.3, 0.4) is 0 Å². The fourth-order valence-corrected chi connectivity index (χ4v) is 3.39. The first kappa shape index (κ1) is 19.9. The minimum absolute atomic E-state index is 0.135. The van der Waals surface area contributed by atoms with Gasteiger partial charge in [-0.2, -0.15) is 0 Å². The molecule has 0 spiro atoms. The summed E-state index contributed by atoms with van der Waals surface area (Å²) in [6.45, 7) is 3.31. The Bertz CT molecular complexity index is 798. The SMILES string of the molecule is CCCCc1ccc(N2CC(COc3ccc(C(=O)OC)cc3)CC2=O)cc1. The van der Waals surface area contributed by atoms with Crippen molar-refractivity contribution in [1.29, 1.82) is 0 Å². The van der Waals surface area contributed by atoms with Crippen molar-refractivity contribution in [1.82, 2.24) is 0 Å². The van der Waals surface area contributed by atoms with Crippen molar-refractivity contribution in [2.75, 3.05) is 25.2 Å². The molecule has 5 heteroatoms. The Morgan fingerprint density at radius 3 is 2.46 bits per heavy atom. The molecule has 1 unspecified atom stereocenters. The van der Waals surface area contributed by atoms with Crippen molar-refractivity contribution in [3.63, 3.8) is 0 Å². The highest BCUT2D eigenvalue weighted by molar-refractivity contribution is 5.95. The van der Waals surface area contributed by atoms with E-state index in [-0.39, 0.29) is 17.8 Å². The molecular formula is C23H27NO4. The normalized spacial score (nSPS) is 16.3. The third-order valence-corrected chi connectivity index (χ3v) is 5.03. The van der Waals surface area contributed by atoms with Crippen molar-refractivity contribution in [2.45, 2.75) is 32.6 Å². The van der Waals surface area contributed by atoms with Crippen LogP contribution in [0.5, 0.6) is 5.75 Å². The summed E-state index contributed by atoms with van der Waals surface area (Å²) < 4.78 is 10.5. The number of amides is 1. The first-order valence-corrected chi connectivity index (χ1v) is 9.81. The third-order valence-electron chi connectivity index (χ3n) is 5.03. The Morgan fingerprint density at radius 1 is 1.11 bits per heavy atom. The van der Waals surface area contributed by atoms with Gasteiger partial charge in [0.05, 0.1) is 19.3 Å². The molecule has 1 aliphatic rings. The van der Waals surface area contributed by atoms with Gasteiger partial charge in [0.25, 0.3) is 0 Å². The molecule has 2 aromatic rings. The van der Waals surface area contributed by atoms with Crippen LogP contribution < -0.4 is 9.64 Å². The number of carbonyl (C=O) groups excluding carboxylic acids is 2. The Kier molecular flexibility index (Phi) is 6.69. The second kappa shape index (κ2) is 9.40. The maximum atomic E-state index is 12.4. The molecule has 148 valence electrons. The zero-order valence-electron chi connectivity index (χ0n) is 16.5. The molecule has 28 heavy (non-hydrogen) atoms. The number of aryl methyl sites for hydroxylation is 1. The molecule has 1 saturated heterocycles. The number of unbranched alkanes of at least 4 members (excludes halogenated alkanes) is 1. The van der Waals surface area contributed by atoms with Crippen LogP contribution in [-0.4, -0.2) is 32.1 Å². The summed E-state index contributed by atoms with van der Waals surface area (Å²) in [4.78, 5) is 25.7. The first-order chi connectivity index (χ1) is 13.6. The van der Waals surface area contributed by atoms with Crippen LogP contribution in [0.4, 0.5) is 5.69 Å². The molecule has 0 radical (unpaired) electrons. The van der Waals surface area contributed by atoms with E-state index in [4.69, 9.17) is 4.74 Å². The lowest BCUT2D eigenvalue weighted by Crippen LogP contribution is -2.25. The number of esters is 1. The van der Waals surface area contributed by atoms with Crippen molar-refractivity contribution in [3.05, 3.63) is 59.7 Å². The van der Waals surface area contributed by atoms with Crippen LogP contribution in [-0.2, 0) is 16.0 Å². The zero-order chi connectivity index (χ0) is 19.9. The standard InChI is InChI=1S/C23H27NO4/c1-3-4-5-17-6-10-20(11-7-17)24-15-18(14-22(24)25)16-28-21-12-8-19(9-13-21)23(26)27-2/h6-13,18H,3-5,14-16H2,1-2H3. The Morgan fingerprint density at radius 2 is 1.82 bits per heavy atom. The minimum Gasteiger partial charge on any atom is -0.493 e. The van der Waals surface area contributed by atoms with E-state index < -0.39 is 0 Å². The van der Waals surface area contributed by atoms with Gasteiger partial charge in [-0.1, -0.05) is 25.5 Å². The van der Waals surface area contributed by atoms with Gasteiger partial charge in [0, 0.05) is 24.6 Å². The van der Waals surface area contributed by atoms with Crippen LogP contribution >= 0.6 is 0 Å². The predicted molar refractivity (Wildman–Crippen MR) is 109 cm³/mol. The van der Waals surface area contributed by atoms with Gasteiger partial charge in [-0.25, -0.2) is 4.79 Å². The van der Waals surface area contributed by atoms with Crippen LogP contribution in [0.2, 0.25) is 0 Å². The Balaban J connectivity index is 1.53. The number of hydrogen-bond acceptors (Lipinski definition) is 4. The summed E-state index contributed by atoms with van der Waals surface area (Å²) in [6.07, 6.45) is 3.93. The third kappa shape index (κ3) is 4.91. The molecule has 1 fully saturated rings. The van der Waals surface area contributed by atoms with E-state index >= 15 is 0 Å². The van der Waals surface area contributed by atoms with Crippen molar-refractivity contribution in [3.8, 4) is 5.75 Å². The molecule has 0 aliphatic carbocycles. The second-order valence-electron chi connectivity index (χ2n) is 7.17. The highest BCUT2D eigenvalue weighted by Gasteiger charge is 2.31.